The summed E-state index contributed by atoms with van der Waals surface area (Å²) in [5, 5.41) is 0. The van der Waals surface area contributed by atoms with Crippen molar-refractivity contribution in [3.05, 3.63) is 81.9 Å². The van der Waals surface area contributed by atoms with Gasteiger partial charge in [0.1, 0.15) is 0 Å². The molecule has 0 bridgehead atoms. The molecule has 1 heterocycles. The number of fused-ring (bicyclic) bond motifs is 6. The van der Waals surface area contributed by atoms with Crippen molar-refractivity contribution < 1.29 is 48.0 Å². The summed E-state index contributed by atoms with van der Waals surface area (Å²) in [5.41, 5.74) is 13.5. The van der Waals surface area contributed by atoms with Crippen molar-refractivity contribution in [2.24, 2.45) is 17.3 Å². The van der Waals surface area contributed by atoms with Crippen molar-refractivity contribution in [1.82, 2.24) is 0 Å². The minimum atomic E-state index is -0.720. The van der Waals surface area contributed by atoms with E-state index in [1.165, 1.54) is 0 Å². The average Bonchev–Trinajstić information content (AvgIpc) is 3.17. The summed E-state index contributed by atoms with van der Waals surface area (Å²) in [6.07, 6.45) is 0. The normalized spacial score (nSPS) is 22.4. The molecule has 3 aliphatic rings. The van der Waals surface area contributed by atoms with E-state index in [1.807, 2.05) is 0 Å². The predicted octanol–water partition coefficient (Wildman–Crippen LogP) is 1.45. The van der Waals surface area contributed by atoms with Gasteiger partial charge in [0.25, 0.3) is 0 Å². The first-order valence-corrected chi connectivity index (χ1v) is 13.6. The molecule has 0 radical (unpaired) electrons. The molecule has 0 amide bonds. The summed E-state index contributed by atoms with van der Waals surface area (Å²) in [6.45, 7) is 14.7. The summed E-state index contributed by atoms with van der Waals surface area (Å²) in [5.74, 6) is 1.17. The predicted molar refractivity (Wildman–Crippen MR) is 116 cm³/mol. The Kier molecular flexibility index (Phi) is 6.72. The van der Waals surface area contributed by atoms with Crippen LogP contribution in [0.3, 0.4) is 0 Å². The van der Waals surface area contributed by atoms with Gasteiger partial charge in [0.15, 0.2) is 0 Å². The van der Waals surface area contributed by atoms with Crippen molar-refractivity contribution >= 4 is 11.1 Å². The van der Waals surface area contributed by atoms with Crippen LogP contribution in [-0.4, -0.2) is 0 Å². The largest absolute Gasteiger partial charge is 1.00 e. The molecule has 0 nitrogen and oxygen atoms in total. The van der Waals surface area contributed by atoms with Gasteiger partial charge in [-0.3, -0.25) is 0 Å². The fourth-order valence-electron chi connectivity index (χ4n) is 6.20. The van der Waals surface area contributed by atoms with Crippen LogP contribution in [0, 0.1) is 17.3 Å². The van der Waals surface area contributed by atoms with Gasteiger partial charge >= 0.3 is 182 Å². The Morgan fingerprint density at radius 1 is 0.667 bits per heavy atom. The number of halogens is 2. The maximum Gasteiger partial charge on any atom is -1.00 e. The molecular weight excluding hydrogens is 486 g/mol. The van der Waals surface area contributed by atoms with E-state index in [-0.39, 0.29) is 30.2 Å². The topological polar surface area (TPSA) is 0 Å². The van der Waals surface area contributed by atoms with Gasteiger partial charge in [-0.05, 0) is 0 Å². The van der Waals surface area contributed by atoms with E-state index in [9.17, 15) is 0 Å². The molecule has 156 valence electrons. The zero-order chi connectivity index (χ0) is 19.8. The van der Waals surface area contributed by atoms with Crippen molar-refractivity contribution in [1.29, 1.82) is 0 Å². The molecule has 30 heavy (non-hydrogen) atoms. The van der Waals surface area contributed by atoms with Gasteiger partial charge in [0.2, 0.25) is 0 Å². The fraction of sp³-hybridized carbons (Fsp3) is 0.407. The van der Waals surface area contributed by atoms with Crippen LogP contribution in [0.4, 0.5) is 0 Å². The fourth-order valence-corrected chi connectivity index (χ4v) is 12.5. The summed E-state index contributed by atoms with van der Waals surface area (Å²) in [4.78, 5) is 0. The zero-order valence-corrected chi connectivity index (χ0v) is 22.7. The van der Waals surface area contributed by atoms with Gasteiger partial charge in [-0.25, -0.2) is 0 Å². The van der Waals surface area contributed by atoms with Gasteiger partial charge in [0, 0.05) is 0 Å². The molecule has 0 N–H and O–H groups in total. The molecule has 1 fully saturated rings. The summed E-state index contributed by atoms with van der Waals surface area (Å²) < 4.78 is 1.47. The minimum absolute atomic E-state index is 0. The van der Waals surface area contributed by atoms with Crippen molar-refractivity contribution in [2.45, 2.75) is 48.8 Å². The Morgan fingerprint density at radius 3 is 1.40 bits per heavy atom. The maximum atomic E-state index is 2.54. The Labute approximate surface area is 206 Å². The Morgan fingerprint density at radius 2 is 1.03 bits per heavy atom. The van der Waals surface area contributed by atoms with Crippen LogP contribution in [-0.2, 0) is 23.2 Å². The molecule has 2 aromatic rings. The number of benzene rings is 2. The molecule has 2 aliphatic carbocycles. The molecule has 3 heteroatoms. The first-order chi connectivity index (χ1) is 13.3. The van der Waals surface area contributed by atoms with Crippen LogP contribution in [0.2, 0.25) is 0 Å². The minimum Gasteiger partial charge on any atom is -1.00 e. The van der Waals surface area contributed by atoms with Crippen LogP contribution in [0.1, 0.15) is 71.0 Å². The second-order valence-electron chi connectivity index (χ2n) is 9.80. The third-order valence-corrected chi connectivity index (χ3v) is 11.7. The summed E-state index contributed by atoms with van der Waals surface area (Å²) in [6, 6.07) is 18.7. The number of allylic oxidation sites excluding steroid dienone is 4. The Hall–Kier alpha value is -0.617. The molecule has 5 rings (SSSR count). The first kappa shape index (κ1) is 24.0. The molecule has 2 unspecified atom stereocenters. The van der Waals surface area contributed by atoms with E-state index in [1.54, 1.807) is 44.5 Å². The summed E-state index contributed by atoms with van der Waals surface area (Å²) >= 11 is -0.720. The molecule has 0 aromatic heterocycles. The van der Waals surface area contributed by atoms with E-state index in [4.69, 9.17) is 0 Å². The van der Waals surface area contributed by atoms with Gasteiger partial charge in [-0.15, -0.1) is 0 Å². The monoisotopic (exact) mass is 514 g/mol. The van der Waals surface area contributed by atoms with Crippen LogP contribution in [0.5, 0.6) is 0 Å². The number of hydrogen-bond donors (Lipinski definition) is 0. The molecule has 2 atom stereocenters. The van der Waals surface area contributed by atoms with Crippen LogP contribution in [0.15, 0.2) is 59.7 Å². The number of rotatable bonds is 2. The zero-order valence-electron chi connectivity index (χ0n) is 18.7. The SMILES string of the molecule is CC(C)C1=C2[CH]([Zr+2][CH]3C(=C(C(C)C)c4ccccc43)C2(C)C)c2ccccc21.[Cl-].[Cl-]. The standard InChI is InChI=1S/C27H30.2ClH.Zr/c1-17(2)25-21-13-9-7-11-19(21)15-23(25)27(5,6)24-16-20-12-8-10-14-22(20)26(24)18(3)4;;;/h7-18H,1-6H3;2*1H;/q;;;+2/p-2. The quantitative estimate of drug-likeness (QED) is 0.567. The Bertz CT molecular complexity index is 961. The van der Waals surface area contributed by atoms with Crippen LogP contribution >= 0.6 is 0 Å². The van der Waals surface area contributed by atoms with E-state index in [0.29, 0.717) is 11.8 Å². The van der Waals surface area contributed by atoms with E-state index in [2.05, 4.69) is 90.1 Å². The van der Waals surface area contributed by atoms with Crippen LogP contribution < -0.4 is 24.8 Å². The van der Waals surface area contributed by atoms with Gasteiger partial charge in [-0.1, -0.05) is 0 Å². The first-order valence-electron chi connectivity index (χ1n) is 10.8. The van der Waals surface area contributed by atoms with Crippen molar-refractivity contribution in [3.63, 3.8) is 0 Å². The van der Waals surface area contributed by atoms with Gasteiger partial charge in [0.05, 0.1) is 0 Å². The Balaban J connectivity index is 0.00000128. The number of hydrogen-bond acceptors (Lipinski definition) is 0. The van der Waals surface area contributed by atoms with Gasteiger partial charge < -0.3 is 24.8 Å². The molecule has 0 saturated carbocycles. The second-order valence-corrected chi connectivity index (χ2v) is 13.5. The van der Waals surface area contributed by atoms with Crippen molar-refractivity contribution in [2.75, 3.05) is 0 Å². The van der Waals surface area contributed by atoms with Crippen LogP contribution in [0.25, 0.3) is 11.1 Å². The second kappa shape index (κ2) is 8.38. The maximum absolute atomic E-state index is 2.54. The molecule has 1 aliphatic heterocycles. The molecule has 1 saturated heterocycles. The third kappa shape index (κ3) is 3.18. The van der Waals surface area contributed by atoms with Crippen molar-refractivity contribution in [3.8, 4) is 0 Å². The smallest absolute Gasteiger partial charge is 1.00 e. The molecule has 2 aromatic carbocycles. The summed E-state index contributed by atoms with van der Waals surface area (Å²) in [7, 11) is 0. The average molecular weight is 517 g/mol. The third-order valence-electron chi connectivity index (χ3n) is 7.12. The van der Waals surface area contributed by atoms with Gasteiger partial charge in [-0.2, -0.15) is 0 Å². The molecular formula is C27H30Cl2Zr. The molecule has 0 spiro atoms. The van der Waals surface area contributed by atoms with E-state index < -0.39 is 23.2 Å². The van der Waals surface area contributed by atoms with E-state index >= 15 is 0 Å². The van der Waals surface area contributed by atoms with E-state index in [0.717, 1.165) is 7.25 Å².